The first-order valence-corrected chi connectivity index (χ1v) is 9.52. The molecule has 144 valence electrons. The molecule has 2 aromatic rings. The minimum atomic E-state index is -0.0375. The number of halogens is 1. The minimum Gasteiger partial charge on any atom is -0.497 e. The Hall–Kier alpha value is -2.24. The molecule has 1 fully saturated rings. The van der Waals surface area contributed by atoms with E-state index in [1.54, 1.807) is 14.2 Å². The van der Waals surface area contributed by atoms with Gasteiger partial charge in [0.05, 0.1) is 37.0 Å². The van der Waals surface area contributed by atoms with E-state index in [-0.39, 0.29) is 11.9 Å². The van der Waals surface area contributed by atoms with Crippen LogP contribution in [0, 0.1) is 6.92 Å². The van der Waals surface area contributed by atoms with Gasteiger partial charge in [0, 0.05) is 12.8 Å². The molecule has 0 radical (unpaired) electrons. The number of hydrogen-bond acceptors (Lipinski definition) is 3. The summed E-state index contributed by atoms with van der Waals surface area (Å²) in [7, 11) is 3.33. The molecule has 27 heavy (non-hydrogen) atoms. The molecule has 0 aromatic heterocycles. The normalized spacial score (nSPS) is 19.0. The van der Waals surface area contributed by atoms with E-state index in [0.29, 0.717) is 17.3 Å². The largest absolute Gasteiger partial charge is 0.497 e. The molecule has 2 atom stereocenters. The maximum atomic E-state index is 12.6. The summed E-state index contributed by atoms with van der Waals surface area (Å²) in [6.45, 7) is 3.30. The van der Waals surface area contributed by atoms with Crippen molar-refractivity contribution in [2.24, 2.45) is 0 Å². The highest BCUT2D eigenvalue weighted by Gasteiger charge is 2.34. The summed E-state index contributed by atoms with van der Waals surface area (Å²) < 4.78 is 10.9. The monoisotopic (exact) mass is 389 g/mol. The maximum Gasteiger partial charge on any atom is 0.279 e. The Morgan fingerprint density at radius 3 is 2.74 bits per heavy atom. The lowest BCUT2D eigenvalue weighted by atomic mass is 10.0. The molecule has 1 heterocycles. The topological polar surface area (TPSA) is 52.0 Å². The summed E-state index contributed by atoms with van der Waals surface area (Å²) in [5.41, 5.74) is 2.81. The molecule has 2 N–H and O–H groups in total. The van der Waals surface area contributed by atoms with E-state index in [0.717, 1.165) is 42.0 Å². The minimum absolute atomic E-state index is 0.0375. The molecule has 1 aliphatic rings. The van der Waals surface area contributed by atoms with Crippen LogP contribution in [0.1, 0.15) is 30.0 Å². The van der Waals surface area contributed by atoms with E-state index < -0.39 is 0 Å². The van der Waals surface area contributed by atoms with Gasteiger partial charge < -0.3 is 19.7 Å². The number of carbonyl (C=O) groups is 1. The maximum absolute atomic E-state index is 12.6. The van der Waals surface area contributed by atoms with Gasteiger partial charge in [-0.15, -0.1) is 0 Å². The number of carbonyl (C=O) groups excluding carboxylic acids is 1. The highest BCUT2D eigenvalue weighted by atomic mass is 35.5. The van der Waals surface area contributed by atoms with Gasteiger partial charge in [-0.3, -0.25) is 4.79 Å². The molecule has 5 nitrogen and oxygen atoms in total. The van der Waals surface area contributed by atoms with Gasteiger partial charge in [-0.1, -0.05) is 17.7 Å². The fourth-order valence-corrected chi connectivity index (χ4v) is 4.01. The molecule has 0 bridgehead atoms. The third-order valence-electron chi connectivity index (χ3n) is 5.08. The zero-order valence-corrected chi connectivity index (χ0v) is 16.7. The second-order valence-electron chi connectivity index (χ2n) is 6.92. The second-order valence-corrected chi connectivity index (χ2v) is 7.33. The summed E-state index contributed by atoms with van der Waals surface area (Å²) >= 11 is 6.24. The van der Waals surface area contributed by atoms with E-state index in [1.165, 1.54) is 4.90 Å². The van der Waals surface area contributed by atoms with Crippen molar-refractivity contribution < 1.29 is 19.2 Å². The molecule has 1 saturated heterocycles. The van der Waals surface area contributed by atoms with Gasteiger partial charge in [-0.25, -0.2) is 0 Å². The van der Waals surface area contributed by atoms with Crippen LogP contribution in [0.2, 0.25) is 5.02 Å². The lowest BCUT2D eigenvalue weighted by molar-refractivity contribution is -0.910. The van der Waals surface area contributed by atoms with Crippen LogP contribution in [0.5, 0.6) is 11.5 Å². The van der Waals surface area contributed by atoms with Crippen molar-refractivity contribution in [1.82, 2.24) is 0 Å². The Balaban J connectivity index is 1.74. The molecule has 1 amide bonds. The summed E-state index contributed by atoms with van der Waals surface area (Å²) in [4.78, 5) is 13.8. The third kappa shape index (κ3) is 4.54. The van der Waals surface area contributed by atoms with Crippen LogP contribution >= 0.6 is 11.6 Å². The Bertz CT molecular complexity index is 825. The van der Waals surface area contributed by atoms with Crippen molar-refractivity contribution in [1.29, 1.82) is 0 Å². The number of likely N-dealkylation sites (tertiary alicyclic amines) is 1. The fourth-order valence-electron chi connectivity index (χ4n) is 3.73. The van der Waals surface area contributed by atoms with Crippen LogP contribution in [-0.4, -0.2) is 33.2 Å². The van der Waals surface area contributed by atoms with Gasteiger partial charge in [0.1, 0.15) is 17.5 Å². The average molecular weight is 390 g/mol. The van der Waals surface area contributed by atoms with Crippen LogP contribution in [0.4, 0.5) is 5.69 Å². The van der Waals surface area contributed by atoms with Crippen LogP contribution in [-0.2, 0) is 4.79 Å². The van der Waals surface area contributed by atoms with E-state index in [2.05, 4.69) is 5.32 Å². The zero-order valence-electron chi connectivity index (χ0n) is 16.0. The predicted octanol–water partition coefficient (Wildman–Crippen LogP) is 3.02. The SMILES string of the molecule is COc1ccc(OC)c([C@H]2CCC[NH+]2CC(=O)Nc2ccc(C)cc2Cl)c1. The van der Waals surface area contributed by atoms with Crippen molar-refractivity contribution in [3.8, 4) is 11.5 Å². The second kappa shape index (κ2) is 8.63. The lowest BCUT2D eigenvalue weighted by Crippen LogP contribution is -3.11. The number of benzene rings is 2. The number of quaternary nitrogens is 1. The van der Waals surface area contributed by atoms with Crippen molar-refractivity contribution in [3.05, 3.63) is 52.5 Å². The molecule has 6 heteroatoms. The molecule has 2 aromatic carbocycles. The van der Waals surface area contributed by atoms with Gasteiger partial charge in [0.2, 0.25) is 0 Å². The van der Waals surface area contributed by atoms with Gasteiger partial charge in [-0.05, 0) is 42.8 Å². The van der Waals surface area contributed by atoms with Crippen LogP contribution in [0.25, 0.3) is 0 Å². The average Bonchev–Trinajstić information content (AvgIpc) is 3.11. The van der Waals surface area contributed by atoms with Crippen molar-refractivity contribution in [2.45, 2.75) is 25.8 Å². The van der Waals surface area contributed by atoms with Gasteiger partial charge in [-0.2, -0.15) is 0 Å². The number of methoxy groups -OCH3 is 2. The first kappa shape index (κ1) is 19.5. The van der Waals surface area contributed by atoms with Crippen molar-refractivity contribution in [2.75, 3.05) is 32.6 Å². The number of amides is 1. The first-order chi connectivity index (χ1) is 13.0. The summed E-state index contributed by atoms with van der Waals surface area (Å²) in [5, 5.41) is 3.50. The standard InChI is InChI=1S/C21H25ClN2O3/c1-14-6-8-18(17(22)11-14)23-21(25)13-24-10-4-5-19(24)16-12-15(26-2)7-9-20(16)27-3/h6-9,11-12,19H,4-5,10,13H2,1-3H3,(H,23,25)/p+1/t19-/m1/s1. The predicted molar refractivity (Wildman–Crippen MR) is 107 cm³/mol. The zero-order chi connectivity index (χ0) is 19.4. The smallest absolute Gasteiger partial charge is 0.279 e. The number of hydrogen-bond donors (Lipinski definition) is 2. The molecule has 1 aliphatic heterocycles. The van der Waals surface area contributed by atoms with E-state index >= 15 is 0 Å². The highest BCUT2D eigenvalue weighted by Crippen LogP contribution is 2.31. The van der Waals surface area contributed by atoms with Crippen molar-refractivity contribution in [3.63, 3.8) is 0 Å². The first-order valence-electron chi connectivity index (χ1n) is 9.14. The Labute approximate surface area is 165 Å². The molecule has 0 spiro atoms. The number of ether oxygens (including phenoxy) is 2. The molecular weight excluding hydrogens is 364 g/mol. The number of anilines is 1. The highest BCUT2D eigenvalue weighted by molar-refractivity contribution is 6.33. The third-order valence-corrected chi connectivity index (χ3v) is 5.39. The molecule has 0 saturated carbocycles. The quantitative estimate of drug-likeness (QED) is 0.798. The molecule has 1 unspecified atom stereocenters. The molecule has 3 rings (SSSR count). The van der Waals surface area contributed by atoms with E-state index in [4.69, 9.17) is 21.1 Å². The van der Waals surface area contributed by atoms with Gasteiger partial charge in [0.25, 0.3) is 5.91 Å². The lowest BCUT2D eigenvalue weighted by Gasteiger charge is -2.23. The van der Waals surface area contributed by atoms with Crippen LogP contribution in [0.15, 0.2) is 36.4 Å². The summed E-state index contributed by atoms with van der Waals surface area (Å²) in [6, 6.07) is 11.7. The summed E-state index contributed by atoms with van der Waals surface area (Å²) in [6.07, 6.45) is 2.08. The Morgan fingerprint density at radius 2 is 2.04 bits per heavy atom. The molecular formula is C21H26ClN2O3+. The van der Waals surface area contributed by atoms with Crippen LogP contribution < -0.4 is 19.7 Å². The summed E-state index contributed by atoms with van der Waals surface area (Å²) in [5.74, 6) is 1.60. The Morgan fingerprint density at radius 1 is 1.22 bits per heavy atom. The van der Waals surface area contributed by atoms with Crippen molar-refractivity contribution >= 4 is 23.2 Å². The number of aryl methyl sites for hydroxylation is 1. The van der Waals surface area contributed by atoms with Crippen LogP contribution in [0.3, 0.4) is 0 Å². The number of rotatable bonds is 6. The Kier molecular flexibility index (Phi) is 6.24. The fraction of sp³-hybridized carbons (Fsp3) is 0.381. The number of nitrogens with one attached hydrogen (secondary N) is 2. The van der Waals surface area contributed by atoms with E-state index in [1.807, 2.05) is 43.3 Å². The van der Waals surface area contributed by atoms with E-state index in [9.17, 15) is 4.79 Å². The van der Waals surface area contributed by atoms with Gasteiger partial charge in [0.15, 0.2) is 6.54 Å². The van der Waals surface area contributed by atoms with Gasteiger partial charge >= 0.3 is 0 Å². The molecule has 0 aliphatic carbocycles.